The van der Waals surface area contributed by atoms with Crippen LogP contribution in [0.25, 0.3) is 11.1 Å². The third kappa shape index (κ3) is 2.28. The summed E-state index contributed by atoms with van der Waals surface area (Å²) in [4.78, 5) is 4.34. The number of oxazole rings is 1. The number of halogens is 1. The minimum absolute atomic E-state index is 0.334. The maximum atomic E-state index is 5.52. The minimum Gasteiger partial charge on any atom is -0.438 e. The molecule has 0 fully saturated rings. The van der Waals surface area contributed by atoms with Crippen LogP contribution in [0, 0.1) is 5.92 Å². The van der Waals surface area contributed by atoms with Crippen LogP contribution in [0.5, 0.6) is 0 Å². The van der Waals surface area contributed by atoms with Crippen LogP contribution in [-0.2, 0) is 13.0 Å². The Kier molecular flexibility index (Phi) is 3.30. The van der Waals surface area contributed by atoms with E-state index in [-0.39, 0.29) is 0 Å². The molecule has 0 spiro atoms. The lowest BCUT2D eigenvalue weighted by Gasteiger charge is -2.04. The monoisotopic (exact) mass is 282 g/mol. The summed E-state index contributed by atoms with van der Waals surface area (Å²) in [6, 6.07) is 4.16. The predicted molar refractivity (Wildman–Crippen MR) is 68.1 cm³/mol. The maximum absolute atomic E-state index is 5.52. The second-order valence-corrected chi connectivity index (χ2v) is 5.19. The summed E-state index contributed by atoms with van der Waals surface area (Å²) in [7, 11) is 0. The fourth-order valence-electron chi connectivity index (χ4n) is 1.77. The minimum atomic E-state index is 0.334. The highest BCUT2D eigenvalue weighted by atomic mass is 79.9. The predicted octanol–water partition coefficient (Wildman–Crippen LogP) is 3.25. The molecule has 1 aromatic carbocycles. The first-order chi connectivity index (χ1) is 7.60. The van der Waals surface area contributed by atoms with Gasteiger partial charge in [0.1, 0.15) is 5.52 Å². The first-order valence-electron chi connectivity index (χ1n) is 5.38. The van der Waals surface area contributed by atoms with Crippen molar-refractivity contribution in [3.63, 3.8) is 0 Å². The molecular formula is C12H15BrN2O. The highest BCUT2D eigenvalue weighted by Crippen LogP contribution is 2.27. The van der Waals surface area contributed by atoms with E-state index in [1.807, 2.05) is 0 Å². The smallest absolute Gasteiger partial charge is 0.209 e. The van der Waals surface area contributed by atoms with Gasteiger partial charge in [0, 0.05) is 0 Å². The molecule has 3 nitrogen and oxygen atoms in total. The molecule has 1 heterocycles. The average molecular weight is 283 g/mol. The zero-order valence-electron chi connectivity index (χ0n) is 9.46. The van der Waals surface area contributed by atoms with Gasteiger partial charge in [-0.15, -0.1) is 0 Å². The zero-order valence-corrected chi connectivity index (χ0v) is 11.0. The maximum Gasteiger partial charge on any atom is 0.209 e. The van der Waals surface area contributed by atoms with Crippen LogP contribution in [0.1, 0.15) is 25.3 Å². The van der Waals surface area contributed by atoms with E-state index in [2.05, 4.69) is 46.9 Å². The van der Waals surface area contributed by atoms with Crippen LogP contribution in [0.15, 0.2) is 21.0 Å². The largest absolute Gasteiger partial charge is 0.438 e. The van der Waals surface area contributed by atoms with Gasteiger partial charge in [-0.3, -0.25) is 0 Å². The number of hydrogen-bond donors (Lipinski definition) is 1. The molecule has 0 saturated heterocycles. The van der Waals surface area contributed by atoms with Gasteiger partial charge in [0.25, 0.3) is 0 Å². The first kappa shape index (κ1) is 11.6. The molecule has 0 saturated carbocycles. The van der Waals surface area contributed by atoms with Gasteiger partial charge in [-0.05, 0) is 46.0 Å². The van der Waals surface area contributed by atoms with Crippen molar-refractivity contribution in [2.75, 3.05) is 0 Å². The molecule has 2 N–H and O–H groups in total. The van der Waals surface area contributed by atoms with Crippen LogP contribution in [-0.4, -0.2) is 4.98 Å². The lowest BCUT2D eigenvalue weighted by molar-refractivity contribution is 0.532. The summed E-state index contributed by atoms with van der Waals surface area (Å²) in [6.07, 6.45) is 1.04. The van der Waals surface area contributed by atoms with E-state index in [1.54, 1.807) is 0 Å². The molecule has 1 aromatic heterocycles. The molecule has 0 aliphatic heterocycles. The Balaban J connectivity index is 2.48. The van der Waals surface area contributed by atoms with E-state index >= 15 is 0 Å². The quantitative estimate of drug-likeness (QED) is 0.940. The fraction of sp³-hybridized carbons (Fsp3) is 0.417. The van der Waals surface area contributed by atoms with Crippen molar-refractivity contribution >= 4 is 27.0 Å². The Morgan fingerprint density at radius 3 is 2.81 bits per heavy atom. The van der Waals surface area contributed by atoms with E-state index in [4.69, 9.17) is 10.2 Å². The molecule has 0 radical (unpaired) electrons. The number of hydrogen-bond acceptors (Lipinski definition) is 3. The van der Waals surface area contributed by atoms with Crippen molar-refractivity contribution in [3.8, 4) is 0 Å². The third-order valence-corrected chi connectivity index (χ3v) is 2.96. The molecule has 2 aromatic rings. The molecule has 86 valence electrons. The summed E-state index contributed by atoms with van der Waals surface area (Å²) in [6.45, 7) is 4.74. The van der Waals surface area contributed by atoms with E-state index in [1.165, 1.54) is 5.56 Å². The Morgan fingerprint density at radius 1 is 1.44 bits per heavy atom. The normalized spacial score (nSPS) is 11.6. The number of nitrogens with two attached hydrogens (primary N) is 1. The van der Waals surface area contributed by atoms with E-state index in [0.29, 0.717) is 18.4 Å². The highest BCUT2D eigenvalue weighted by molar-refractivity contribution is 9.10. The number of fused-ring (bicyclic) bond motifs is 1. The van der Waals surface area contributed by atoms with Gasteiger partial charge < -0.3 is 10.2 Å². The van der Waals surface area contributed by atoms with Crippen LogP contribution < -0.4 is 5.73 Å². The second kappa shape index (κ2) is 4.55. The Labute approximate surface area is 103 Å². The number of aromatic nitrogens is 1. The first-order valence-corrected chi connectivity index (χ1v) is 6.17. The summed E-state index contributed by atoms with van der Waals surface area (Å²) in [5, 5.41) is 0. The van der Waals surface area contributed by atoms with Crippen LogP contribution in [0.3, 0.4) is 0 Å². The van der Waals surface area contributed by atoms with Gasteiger partial charge >= 0.3 is 0 Å². The van der Waals surface area contributed by atoms with Crippen LogP contribution >= 0.6 is 15.9 Å². The van der Waals surface area contributed by atoms with Gasteiger partial charge in [-0.1, -0.05) is 13.8 Å². The van der Waals surface area contributed by atoms with Crippen molar-refractivity contribution in [3.05, 3.63) is 28.1 Å². The molecule has 4 heteroatoms. The standard InChI is InChI=1S/C12H15BrN2O/c1-7(2)3-8-4-9(13)12-10(5-8)15-11(6-14)16-12/h4-5,7H,3,6,14H2,1-2H3. The van der Waals surface area contributed by atoms with E-state index in [0.717, 1.165) is 22.0 Å². The number of rotatable bonds is 3. The molecule has 0 amide bonds. The zero-order chi connectivity index (χ0) is 11.7. The van der Waals surface area contributed by atoms with Gasteiger partial charge in [0.2, 0.25) is 5.89 Å². The van der Waals surface area contributed by atoms with Crippen molar-refractivity contribution in [1.82, 2.24) is 4.98 Å². The van der Waals surface area contributed by atoms with Gasteiger partial charge in [0.05, 0.1) is 11.0 Å². The highest BCUT2D eigenvalue weighted by Gasteiger charge is 2.10. The summed E-state index contributed by atoms with van der Waals surface area (Å²) < 4.78 is 6.48. The summed E-state index contributed by atoms with van der Waals surface area (Å²) in [5.41, 5.74) is 8.45. The topological polar surface area (TPSA) is 52.0 Å². The summed E-state index contributed by atoms with van der Waals surface area (Å²) >= 11 is 3.51. The van der Waals surface area contributed by atoms with Crippen molar-refractivity contribution in [2.45, 2.75) is 26.8 Å². The molecular weight excluding hydrogens is 268 g/mol. The molecule has 0 bridgehead atoms. The van der Waals surface area contributed by atoms with Crippen molar-refractivity contribution in [2.24, 2.45) is 11.7 Å². The molecule has 2 rings (SSSR count). The number of benzene rings is 1. The van der Waals surface area contributed by atoms with E-state index < -0.39 is 0 Å². The fourth-order valence-corrected chi connectivity index (χ4v) is 2.35. The van der Waals surface area contributed by atoms with Crippen LogP contribution in [0.4, 0.5) is 0 Å². The Hall–Kier alpha value is -0.870. The Bertz CT molecular complexity index is 505. The molecule has 0 aliphatic carbocycles. The van der Waals surface area contributed by atoms with Crippen molar-refractivity contribution < 1.29 is 4.42 Å². The molecule has 0 atom stereocenters. The Morgan fingerprint density at radius 2 is 2.19 bits per heavy atom. The molecule has 0 aliphatic rings. The van der Waals surface area contributed by atoms with Crippen molar-refractivity contribution in [1.29, 1.82) is 0 Å². The van der Waals surface area contributed by atoms with Crippen LogP contribution in [0.2, 0.25) is 0 Å². The molecule has 16 heavy (non-hydrogen) atoms. The lowest BCUT2D eigenvalue weighted by atomic mass is 10.0. The van der Waals surface area contributed by atoms with Gasteiger partial charge in [0.15, 0.2) is 5.58 Å². The van der Waals surface area contributed by atoms with Gasteiger partial charge in [-0.25, -0.2) is 4.98 Å². The van der Waals surface area contributed by atoms with Gasteiger partial charge in [-0.2, -0.15) is 0 Å². The summed E-state index contributed by atoms with van der Waals surface area (Å²) in [5.74, 6) is 1.21. The SMILES string of the molecule is CC(C)Cc1cc(Br)c2oc(CN)nc2c1. The van der Waals surface area contributed by atoms with E-state index in [9.17, 15) is 0 Å². The number of nitrogens with zero attached hydrogens (tertiary/aromatic N) is 1. The third-order valence-electron chi connectivity index (χ3n) is 2.37. The molecule has 0 unspecified atom stereocenters. The average Bonchev–Trinajstić information content (AvgIpc) is 2.60. The second-order valence-electron chi connectivity index (χ2n) is 4.34. The lowest BCUT2D eigenvalue weighted by Crippen LogP contribution is -1.95.